The van der Waals surface area contributed by atoms with E-state index in [1.807, 2.05) is 0 Å². The summed E-state index contributed by atoms with van der Waals surface area (Å²) in [4.78, 5) is 21.1. The smallest absolute Gasteiger partial charge is 0.285 e. The van der Waals surface area contributed by atoms with Gasteiger partial charge in [-0.1, -0.05) is 0 Å². The third-order valence-electron chi connectivity index (χ3n) is 6.64. The summed E-state index contributed by atoms with van der Waals surface area (Å²) in [5.74, 6) is -3.65. The molecule has 1 saturated heterocycles. The molecule has 1 N–H and O–H groups in total. The maximum atomic E-state index is 15.0. The molecule has 196 valence electrons. The quantitative estimate of drug-likeness (QED) is 0.390. The molecule has 0 unspecified atom stereocenters. The van der Waals surface area contributed by atoms with Crippen LogP contribution in [0.25, 0.3) is 27.7 Å². The Kier molecular flexibility index (Phi) is 6.16. The highest BCUT2D eigenvalue weighted by Gasteiger charge is 2.45. The standard InChI is InChI=1S/C24H25F4N7O2/c1-13-29-20-17(26)10-15(11-18(20)34(13)9-6-25)16-4-8-35-21(16)22(37-3)31-23(32-35)30-19-5-7-33(14(2)36)12-24(19,27)28/h4,8,10-11,19H,5-7,9,12H2,1-3H3,(H,30,32)/t19-/m1/s1. The fourth-order valence-corrected chi connectivity index (χ4v) is 4.79. The van der Waals surface area contributed by atoms with Gasteiger partial charge in [0.25, 0.3) is 5.92 Å². The van der Waals surface area contributed by atoms with Gasteiger partial charge in [0, 0.05) is 25.2 Å². The van der Waals surface area contributed by atoms with Crippen LogP contribution in [0, 0.1) is 12.7 Å². The number of aryl methyl sites for hydroxylation is 2. The minimum Gasteiger partial charge on any atom is -0.479 e. The predicted molar refractivity (Wildman–Crippen MR) is 128 cm³/mol. The Hall–Kier alpha value is -3.90. The van der Waals surface area contributed by atoms with E-state index < -0.39 is 36.9 Å². The average Bonchev–Trinajstić information content (AvgIpc) is 3.41. The van der Waals surface area contributed by atoms with E-state index in [0.717, 1.165) is 4.90 Å². The van der Waals surface area contributed by atoms with Crippen molar-refractivity contribution < 1.29 is 27.1 Å². The largest absolute Gasteiger partial charge is 0.479 e. The lowest BCUT2D eigenvalue weighted by molar-refractivity contribution is -0.140. The van der Waals surface area contributed by atoms with E-state index in [2.05, 4.69) is 20.4 Å². The molecule has 0 saturated carbocycles. The summed E-state index contributed by atoms with van der Waals surface area (Å²) in [5, 5.41) is 7.01. The Labute approximate surface area is 209 Å². The van der Waals surface area contributed by atoms with Crippen molar-refractivity contribution in [2.45, 2.75) is 38.8 Å². The highest BCUT2D eigenvalue weighted by Crippen LogP contribution is 2.35. The van der Waals surface area contributed by atoms with Crippen LogP contribution in [0.4, 0.5) is 23.5 Å². The lowest BCUT2D eigenvalue weighted by atomic mass is 10.0. The van der Waals surface area contributed by atoms with Crippen molar-refractivity contribution >= 4 is 28.4 Å². The van der Waals surface area contributed by atoms with Crippen molar-refractivity contribution in [3.05, 3.63) is 36.0 Å². The summed E-state index contributed by atoms with van der Waals surface area (Å²) in [6.45, 7) is 1.84. The number of fused-ring (bicyclic) bond motifs is 2. The van der Waals surface area contributed by atoms with Gasteiger partial charge in [-0.25, -0.2) is 27.1 Å². The first-order chi connectivity index (χ1) is 17.6. The van der Waals surface area contributed by atoms with E-state index in [4.69, 9.17) is 4.74 Å². The van der Waals surface area contributed by atoms with Crippen LogP contribution in [-0.4, -0.2) is 73.8 Å². The van der Waals surface area contributed by atoms with Crippen LogP contribution in [-0.2, 0) is 11.3 Å². The molecule has 37 heavy (non-hydrogen) atoms. The van der Waals surface area contributed by atoms with Crippen LogP contribution in [0.3, 0.4) is 0 Å². The van der Waals surface area contributed by atoms with Crippen molar-refractivity contribution in [3.63, 3.8) is 0 Å². The molecule has 4 heterocycles. The Morgan fingerprint density at radius 1 is 1.30 bits per heavy atom. The van der Waals surface area contributed by atoms with E-state index in [-0.39, 0.29) is 36.9 Å². The van der Waals surface area contributed by atoms with Crippen molar-refractivity contribution in [1.82, 2.24) is 29.0 Å². The van der Waals surface area contributed by atoms with Crippen LogP contribution in [0.1, 0.15) is 19.2 Å². The number of methoxy groups -OCH3 is 1. The lowest BCUT2D eigenvalue weighted by Gasteiger charge is -2.38. The summed E-state index contributed by atoms with van der Waals surface area (Å²) in [7, 11) is 1.38. The predicted octanol–water partition coefficient (Wildman–Crippen LogP) is 3.84. The third kappa shape index (κ3) is 4.31. The number of carbonyl (C=O) groups excluding carboxylic acids is 1. The van der Waals surface area contributed by atoms with Gasteiger partial charge in [0.2, 0.25) is 17.7 Å². The number of likely N-dealkylation sites (tertiary alicyclic amines) is 1. The molecule has 1 fully saturated rings. The molecular formula is C24H25F4N7O2. The Morgan fingerprint density at radius 3 is 2.76 bits per heavy atom. The number of carbonyl (C=O) groups is 1. The number of hydrogen-bond donors (Lipinski definition) is 1. The molecule has 0 aliphatic carbocycles. The number of ether oxygens (including phenoxy) is 1. The minimum absolute atomic E-state index is 0.0124. The molecule has 1 amide bonds. The molecule has 0 spiro atoms. The van der Waals surface area contributed by atoms with Gasteiger partial charge in [0.1, 0.15) is 23.5 Å². The molecule has 1 aliphatic heterocycles. The number of imidazole rings is 1. The third-order valence-corrected chi connectivity index (χ3v) is 6.64. The SMILES string of the molecule is COc1nc(N[C@@H]2CCN(C(C)=O)CC2(F)F)nn2ccc(-c3cc(F)c4nc(C)n(CCF)c4c3)c12. The van der Waals surface area contributed by atoms with Gasteiger partial charge in [0.15, 0.2) is 5.82 Å². The van der Waals surface area contributed by atoms with Crippen LogP contribution >= 0.6 is 0 Å². The van der Waals surface area contributed by atoms with Gasteiger partial charge >= 0.3 is 0 Å². The van der Waals surface area contributed by atoms with E-state index >= 15 is 0 Å². The summed E-state index contributed by atoms with van der Waals surface area (Å²) >= 11 is 0. The van der Waals surface area contributed by atoms with Crippen molar-refractivity contribution in [2.75, 3.05) is 32.2 Å². The van der Waals surface area contributed by atoms with Crippen molar-refractivity contribution in [1.29, 1.82) is 0 Å². The minimum atomic E-state index is -3.19. The van der Waals surface area contributed by atoms with Crippen LogP contribution < -0.4 is 10.1 Å². The molecule has 0 bridgehead atoms. The fraction of sp³-hybridized carbons (Fsp3) is 0.417. The molecule has 4 aromatic rings. The van der Waals surface area contributed by atoms with Crippen molar-refractivity contribution in [3.8, 4) is 17.0 Å². The van der Waals surface area contributed by atoms with Gasteiger partial charge in [0.05, 0.1) is 31.8 Å². The van der Waals surface area contributed by atoms with Crippen molar-refractivity contribution in [2.24, 2.45) is 0 Å². The number of nitrogens with one attached hydrogen (secondary N) is 1. The van der Waals surface area contributed by atoms with Crippen LogP contribution in [0.5, 0.6) is 5.88 Å². The molecule has 1 aliphatic rings. The summed E-state index contributed by atoms with van der Waals surface area (Å²) < 4.78 is 66.0. The maximum Gasteiger partial charge on any atom is 0.285 e. The zero-order chi connectivity index (χ0) is 26.5. The Bertz CT molecular complexity index is 1500. The number of nitrogens with zero attached hydrogens (tertiary/aromatic N) is 6. The second kappa shape index (κ2) is 9.20. The molecule has 5 rings (SSSR count). The highest BCUT2D eigenvalue weighted by atomic mass is 19.3. The average molecular weight is 520 g/mol. The molecule has 9 nitrogen and oxygen atoms in total. The first-order valence-electron chi connectivity index (χ1n) is 11.7. The summed E-state index contributed by atoms with van der Waals surface area (Å²) in [5.41, 5.74) is 2.00. The number of piperidine rings is 1. The Balaban J connectivity index is 1.53. The molecule has 3 aromatic heterocycles. The second-order valence-corrected chi connectivity index (χ2v) is 8.98. The normalized spacial score (nSPS) is 17.5. The first-order valence-corrected chi connectivity index (χ1v) is 11.7. The maximum absolute atomic E-state index is 15.0. The number of benzene rings is 1. The second-order valence-electron chi connectivity index (χ2n) is 8.98. The van der Waals surface area contributed by atoms with Crippen LogP contribution in [0.2, 0.25) is 0 Å². The topological polar surface area (TPSA) is 89.6 Å². The van der Waals surface area contributed by atoms with Gasteiger partial charge < -0.3 is 19.5 Å². The summed E-state index contributed by atoms with van der Waals surface area (Å²) in [6.07, 6.45) is 1.60. The van der Waals surface area contributed by atoms with E-state index in [1.165, 1.54) is 24.6 Å². The van der Waals surface area contributed by atoms with Gasteiger partial charge in [-0.15, -0.1) is 5.10 Å². The molecule has 1 aromatic carbocycles. The van der Waals surface area contributed by atoms with E-state index in [1.54, 1.807) is 29.8 Å². The van der Waals surface area contributed by atoms with E-state index in [0.29, 0.717) is 28.0 Å². The number of amides is 1. The number of hydrogen-bond acceptors (Lipinski definition) is 6. The van der Waals surface area contributed by atoms with Gasteiger partial charge in [-0.05, 0) is 37.1 Å². The van der Waals surface area contributed by atoms with Gasteiger partial charge in [-0.2, -0.15) is 4.98 Å². The molecule has 0 radical (unpaired) electrons. The number of anilines is 1. The van der Waals surface area contributed by atoms with E-state index in [9.17, 15) is 22.4 Å². The monoisotopic (exact) mass is 519 g/mol. The highest BCUT2D eigenvalue weighted by molar-refractivity contribution is 5.90. The lowest BCUT2D eigenvalue weighted by Crippen LogP contribution is -2.55. The van der Waals surface area contributed by atoms with Gasteiger partial charge in [-0.3, -0.25) is 4.79 Å². The molecule has 1 atom stereocenters. The first kappa shape index (κ1) is 24.8. The molecule has 13 heteroatoms. The summed E-state index contributed by atoms with van der Waals surface area (Å²) in [6, 6.07) is 3.42. The zero-order valence-electron chi connectivity index (χ0n) is 20.4. The number of rotatable bonds is 6. The number of aromatic nitrogens is 5. The number of halogens is 4. The number of alkyl halides is 3. The fourth-order valence-electron chi connectivity index (χ4n) is 4.79. The molecular weight excluding hydrogens is 494 g/mol. The zero-order valence-corrected chi connectivity index (χ0v) is 20.4. The Morgan fingerprint density at radius 2 is 2.08 bits per heavy atom. The van der Waals surface area contributed by atoms with Crippen LogP contribution in [0.15, 0.2) is 24.4 Å².